The largest absolute Gasteiger partial charge is 0.416 e. The van der Waals surface area contributed by atoms with Crippen molar-refractivity contribution in [2.75, 3.05) is 19.4 Å². The minimum absolute atomic E-state index is 0.0957. The minimum atomic E-state index is -4.47. The van der Waals surface area contributed by atoms with Crippen LogP contribution in [0.4, 0.5) is 24.7 Å². The fourth-order valence-corrected chi connectivity index (χ4v) is 2.03. The van der Waals surface area contributed by atoms with Crippen molar-refractivity contribution in [1.29, 1.82) is 0 Å². The molecular formula is C17H16F3N3O2. The van der Waals surface area contributed by atoms with Gasteiger partial charge >= 0.3 is 6.18 Å². The average molecular weight is 351 g/mol. The molecule has 1 heterocycles. The third kappa shape index (κ3) is 4.79. The molecule has 8 heteroatoms. The number of carbonyl (C=O) groups excluding carboxylic acids is 2. The monoisotopic (exact) mass is 351 g/mol. The van der Waals surface area contributed by atoms with E-state index >= 15 is 0 Å². The van der Waals surface area contributed by atoms with Gasteiger partial charge in [0.25, 0.3) is 0 Å². The third-order valence-corrected chi connectivity index (χ3v) is 3.37. The molecule has 0 unspecified atom stereocenters. The molecule has 1 aromatic carbocycles. The second-order valence-corrected chi connectivity index (χ2v) is 5.49. The summed E-state index contributed by atoms with van der Waals surface area (Å²) in [5.41, 5.74) is -0.541. The fraction of sp³-hybridized carbons (Fsp3) is 0.235. The highest BCUT2D eigenvalue weighted by Crippen LogP contribution is 2.31. The maximum absolute atomic E-state index is 12.8. The summed E-state index contributed by atoms with van der Waals surface area (Å²) in [6.45, 7) is 0. The summed E-state index contributed by atoms with van der Waals surface area (Å²) in [5, 5.41) is 2.71. The van der Waals surface area contributed by atoms with Gasteiger partial charge < -0.3 is 10.2 Å². The van der Waals surface area contributed by atoms with Gasteiger partial charge in [-0.3, -0.25) is 9.59 Å². The first-order chi connectivity index (χ1) is 11.7. The molecule has 0 bridgehead atoms. The molecule has 0 aliphatic carbocycles. The van der Waals surface area contributed by atoms with Crippen LogP contribution in [0.2, 0.25) is 0 Å². The number of rotatable bonds is 5. The van der Waals surface area contributed by atoms with E-state index < -0.39 is 17.5 Å². The standard InChI is InChI=1S/C17H16F3N3O2/c1-23(2)15(25)10-14(24)13-7-4-8-21-16(13)22-12-6-3-5-11(9-12)17(18,19)20/h3-9H,10H2,1-2H3,(H,21,22). The lowest BCUT2D eigenvalue weighted by molar-refractivity contribution is -0.137. The van der Waals surface area contributed by atoms with Gasteiger partial charge in [0, 0.05) is 26.0 Å². The molecular weight excluding hydrogens is 335 g/mol. The van der Waals surface area contributed by atoms with Crippen LogP contribution >= 0.6 is 0 Å². The normalized spacial score (nSPS) is 11.1. The van der Waals surface area contributed by atoms with Crippen molar-refractivity contribution in [2.24, 2.45) is 0 Å². The highest BCUT2D eigenvalue weighted by Gasteiger charge is 2.30. The Morgan fingerprint density at radius 1 is 1.16 bits per heavy atom. The first-order valence-corrected chi connectivity index (χ1v) is 7.31. The molecule has 0 radical (unpaired) electrons. The Hall–Kier alpha value is -2.90. The second kappa shape index (κ2) is 7.33. The van der Waals surface area contributed by atoms with Gasteiger partial charge in [-0.15, -0.1) is 0 Å². The molecule has 25 heavy (non-hydrogen) atoms. The summed E-state index contributed by atoms with van der Waals surface area (Å²) >= 11 is 0. The number of aromatic nitrogens is 1. The van der Waals surface area contributed by atoms with Crippen molar-refractivity contribution in [3.63, 3.8) is 0 Å². The van der Waals surface area contributed by atoms with E-state index in [1.54, 1.807) is 0 Å². The number of Topliss-reactive ketones (excluding diaryl/α,β-unsaturated/α-hetero) is 1. The lowest BCUT2D eigenvalue weighted by Gasteiger charge is -2.13. The molecule has 2 rings (SSSR count). The highest BCUT2D eigenvalue weighted by molar-refractivity contribution is 6.09. The molecule has 0 aliphatic rings. The quantitative estimate of drug-likeness (QED) is 0.661. The number of hydrogen-bond acceptors (Lipinski definition) is 4. The van der Waals surface area contributed by atoms with E-state index in [0.29, 0.717) is 0 Å². The Labute approximate surface area is 142 Å². The zero-order chi connectivity index (χ0) is 18.6. The van der Waals surface area contributed by atoms with Gasteiger partial charge in [0.05, 0.1) is 17.5 Å². The number of anilines is 2. The SMILES string of the molecule is CN(C)C(=O)CC(=O)c1cccnc1Nc1cccc(C(F)(F)F)c1. The van der Waals surface area contributed by atoms with Gasteiger partial charge in [0.15, 0.2) is 5.78 Å². The summed E-state index contributed by atoms with van der Waals surface area (Å²) in [6.07, 6.45) is -3.42. The van der Waals surface area contributed by atoms with Gasteiger partial charge in [-0.2, -0.15) is 13.2 Å². The molecule has 1 N–H and O–H groups in total. The smallest absolute Gasteiger partial charge is 0.348 e. The molecule has 0 aliphatic heterocycles. The van der Waals surface area contributed by atoms with Crippen molar-refractivity contribution in [3.8, 4) is 0 Å². The molecule has 0 saturated carbocycles. The van der Waals surface area contributed by atoms with E-state index in [0.717, 1.165) is 12.1 Å². The van der Waals surface area contributed by atoms with Crippen LogP contribution in [0.1, 0.15) is 22.3 Å². The molecule has 1 aromatic heterocycles. The maximum Gasteiger partial charge on any atom is 0.416 e. The van der Waals surface area contributed by atoms with Crippen molar-refractivity contribution < 1.29 is 22.8 Å². The first-order valence-electron chi connectivity index (χ1n) is 7.31. The average Bonchev–Trinajstić information content (AvgIpc) is 2.54. The summed E-state index contributed by atoms with van der Waals surface area (Å²) in [6, 6.07) is 7.55. The second-order valence-electron chi connectivity index (χ2n) is 5.49. The molecule has 0 spiro atoms. The number of hydrogen-bond donors (Lipinski definition) is 1. The minimum Gasteiger partial charge on any atom is -0.348 e. The molecule has 132 valence electrons. The van der Waals surface area contributed by atoms with Gasteiger partial charge in [-0.25, -0.2) is 4.98 Å². The van der Waals surface area contributed by atoms with Crippen LogP contribution in [-0.4, -0.2) is 35.7 Å². The number of alkyl halides is 3. The van der Waals surface area contributed by atoms with Crippen molar-refractivity contribution in [2.45, 2.75) is 12.6 Å². The summed E-state index contributed by atoms with van der Waals surface area (Å²) in [4.78, 5) is 29.3. The number of pyridine rings is 1. The van der Waals surface area contributed by atoms with Gasteiger partial charge in [-0.1, -0.05) is 6.07 Å². The maximum atomic E-state index is 12.8. The Bertz CT molecular complexity index is 789. The van der Waals surface area contributed by atoms with Crippen LogP contribution < -0.4 is 5.32 Å². The predicted octanol–water partition coefficient (Wildman–Crippen LogP) is 3.51. The first kappa shape index (κ1) is 18.4. The van der Waals surface area contributed by atoms with E-state index in [4.69, 9.17) is 0 Å². The van der Waals surface area contributed by atoms with Crippen LogP contribution in [-0.2, 0) is 11.0 Å². The number of nitrogens with zero attached hydrogens (tertiary/aromatic N) is 2. The van der Waals surface area contributed by atoms with Crippen LogP contribution in [0, 0.1) is 0 Å². The highest BCUT2D eigenvalue weighted by atomic mass is 19.4. The Balaban J connectivity index is 2.27. The number of amides is 1. The van der Waals surface area contributed by atoms with E-state index in [-0.39, 0.29) is 29.4 Å². The van der Waals surface area contributed by atoms with Crippen LogP contribution in [0.15, 0.2) is 42.6 Å². The van der Waals surface area contributed by atoms with Gasteiger partial charge in [0.1, 0.15) is 5.82 Å². The van der Waals surface area contributed by atoms with E-state index in [9.17, 15) is 22.8 Å². The summed E-state index contributed by atoms with van der Waals surface area (Å²) in [7, 11) is 3.06. The van der Waals surface area contributed by atoms with E-state index in [1.165, 1.54) is 49.5 Å². The van der Waals surface area contributed by atoms with Crippen molar-refractivity contribution >= 4 is 23.2 Å². The summed E-state index contributed by atoms with van der Waals surface area (Å²) < 4.78 is 38.4. The molecule has 0 saturated heterocycles. The molecule has 0 atom stereocenters. The number of ketones is 1. The molecule has 5 nitrogen and oxygen atoms in total. The van der Waals surface area contributed by atoms with Crippen LogP contribution in [0.3, 0.4) is 0 Å². The van der Waals surface area contributed by atoms with Crippen molar-refractivity contribution in [1.82, 2.24) is 9.88 Å². The zero-order valence-electron chi connectivity index (χ0n) is 13.6. The third-order valence-electron chi connectivity index (χ3n) is 3.37. The molecule has 2 aromatic rings. The number of nitrogens with one attached hydrogen (secondary N) is 1. The topological polar surface area (TPSA) is 62.3 Å². The predicted molar refractivity (Wildman–Crippen MR) is 86.6 cm³/mol. The Kier molecular flexibility index (Phi) is 5.41. The molecule has 0 fully saturated rings. The number of carbonyl (C=O) groups is 2. The fourth-order valence-electron chi connectivity index (χ4n) is 2.03. The van der Waals surface area contributed by atoms with E-state index in [1.807, 2.05) is 0 Å². The Morgan fingerprint density at radius 2 is 1.88 bits per heavy atom. The van der Waals surface area contributed by atoms with Crippen LogP contribution in [0.5, 0.6) is 0 Å². The van der Waals surface area contributed by atoms with Crippen LogP contribution in [0.25, 0.3) is 0 Å². The Morgan fingerprint density at radius 3 is 2.52 bits per heavy atom. The number of halogens is 3. The van der Waals surface area contributed by atoms with E-state index in [2.05, 4.69) is 10.3 Å². The lowest BCUT2D eigenvalue weighted by Crippen LogP contribution is -2.24. The molecule has 1 amide bonds. The van der Waals surface area contributed by atoms with Gasteiger partial charge in [-0.05, 0) is 30.3 Å². The zero-order valence-corrected chi connectivity index (χ0v) is 13.6. The number of benzene rings is 1. The lowest BCUT2D eigenvalue weighted by atomic mass is 10.1. The summed E-state index contributed by atoms with van der Waals surface area (Å²) in [5.74, 6) is -0.751. The van der Waals surface area contributed by atoms with Crippen molar-refractivity contribution in [3.05, 3.63) is 53.7 Å². The van der Waals surface area contributed by atoms with Gasteiger partial charge in [0.2, 0.25) is 5.91 Å².